The lowest BCUT2D eigenvalue weighted by Crippen LogP contribution is -2.23. The van der Waals surface area contributed by atoms with Crippen LogP contribution in [0.5, 0.6) is 0 Å². The number of para-hydroxylation sites is 1. The lowest BCUT2D eigenvalue weighted by molar-refractivity contribution is -0.111. The normalized spacial score (nSPS) is 11.7. The monoisotopic (exact) mass is 440 g/mol. The number of nitrogens with zero attached hydrogens (tertiary/aromatic N) is 2. The molecule has 1 heterocycles. The van der Waals surface area contributed by atoms with E-state index in [0.717, 1.165) is 0 Å². The van der Waals surface area contributed by atoms with Crippen molar-refractivity contribution in [1.82, 2.24) is 14.1 Å². The number of carbonyl (C=O) groups is 1. The van der Waals surface area contributed by atoms with Crippen molar-refractivity contribution < 1.29 is 13.2 Å². The van der Waals surface area contributed by atoms with Gasteiger partial charge in [-0.2, -0.15) is 0 Å². The Bertz CT molecular complexity index is 1270. The van der Waals surface area contributed by atoms with Crippen LogP contribution in [0.2, 0.25) is 0 Å². The fraction of sp³-hybridized carbons (Fsp3) is 0.182. The molecule has 0 spiro atoms. The van der Waals surface area contributed by atoms with Gasteiger partial charge in [-0.1, -0.05) is 37.3 Å². The number of amides is 1. The minimum absolute atomic E-state index is 0.150. The number of sulfonamides is 1. The molecule has 0 atom stereocenters. The van der Waals surface area contributed by atoms with E-state index in [9.17, 15) is 18.0 Å². The Morgan fingerprint density at radius 3 is 2.32 bits per heavy atom. The van der Waals surface area contributed by atoms with Crippen molar-refractivity contribution in [2.75, 3.05) is 11.9 Å². The van der Waals surface area contributed by atoms with E-state index < -0.39 is 15.9 Å². The van der Waals surface area contributed by atoms with E-state index in [1.54, 1.807) is 43.8 Å². The van der Waals surface area contributed by atoms with Gasteiger partial charge in [0, 0.05) is 19.7 Å². The van der Waals surface area contributed by atoms with Crippen molar-refractivity contribution in [2.45, 2.75) is 18.7 Å². The van der Waals surface area contributed by atoms with Crippen LogP contribution in [-0.4, -0.2) is 30.2 Å². The molecule has 1 aromatic heterocycles. The maximum Gasteiger partial charge on any atom is 0.295 e. The van der Waals surface area contributed by atoms with Gasteiger partial charge in [-0.3, -0.25) is 14.3 Å². The van der Waals surface area contributed by atoms with Crippen molar-refractivity contribution in [3.8, 4) is 5.69 Å². The largest absolute Gasteiger partial charge is 0.316 e. The van der Waals surface area contributed by atoms with Gasteiger partial charge in [0.25, 0.3) is 5.56 Å². The van der Waals surface area contributed by atoms with Crippen molar-refractivity contribution in [2.24, 2.45) is 7.05 Å². The van der Waals surface area contributed by atoms with Crippen LogP contribution in [0.4, 0.5) is 5.69 Å². The maximum atomic E-state index is 12.8. The van der Waals surface area contributed by atoms with Gasteiger partial charge in [-0.05, 0) is 42.8 Å². The summed E-state index contributed by atoms with van der Waals surface area (Å²) in [7, 11) is -1.78. The Hall–Kier alpha value is -3.43. The highest BCUT2D eigenvalue weighted by atomic mass is 32.2. The van der Waals surface area contributed by atoms with Crippen molar-refractivity contribution >= 4 is 27.7 Å². The topological polar surface area (TPSA) is 102 Å². The number of hydrogen-bond donors (Lipinski definition) is 2. The second kappa shape index (κ2) is 9.15. The second-order valence-electron chi connectivity index (χ2n) is 6.83. The second-order valence-corrected chi connectivity index (χ2v) is 8.60. The van der Waals surface area contributed by atoms with E-state index in [1.165, 1.54) is 22.9 Å². The van der Waals surface area contributed by atoms with Gasteiger partial charge in [0.15, 0.2) is 0 Å². The van der Waals surface area contributed by atoms with Crippen LogP contribution in [0.1, 0.15) is 18.2 Å². The molecule has 0 aliphatic heterocycles. The SMILES string of the molecule is CCNS(=O)(=O)c1ccc(/C=C/C(=O)Nc2c(C)n(C)n(-c3ccccc3)c2=O)cc1. The fourth-order valence-corrected chi connectivity index (χ4v) is 4.12. The number of rotatable bonds is 7. The zero-order chi connectivity index (χ0) is 22.6. The summed E-state index contributed by atoms with van der Waals surface area (Å²) in [6, 6.07) is 15.3. The Balaban J connectivity index is 1.77. The molecule has 0 radical (unpaired) electrons. The van der Waals surface area contributed by atoms with Gasteiger partial charge in [0.2, 0.25) is 15.9 Å². The zero-order valence-electron chi connectivity index (χ0n) is 17.5. The first-order valence-electron chi connectivity index (χ1n) is 9.67. The zero-order valence-corrected chi connectivity index (χ0v) is 18.3. The van der Waals surface area contributed by atoms with Crippen LogP contribution in [0.25, 0.3) is 11.8 Å². The Kier molecular flexibility index (Phi) is 6.57. The average Bonchev–Trinajstić information content (AvgIpc) is 2.96. The van der Waals surface area contributed by atoms with Gasteiger partial charge in [-0.25, -0.2) is 17.8 Å². The number of hydrogen-bond acceptors (Lipinski definition) is 4. The molecule has 2 N–H and O–H groups in total. The summed E-state index contributed by atoms with van der Waals surface area (Å²) in [6.07, 6.45) is 2.85. The fourth-order valence-electron chi connectivity index (χ4n) is 3.08. The third kappa shape index (κ3) is 4.84. The first kappa shape index (κ1) is 22.3. The van der Waals surface area contributed by atoms with Crippen molar-refractivity contribution in [3.05, 3.63) is 82.3 Å². The van der Waals surface area contributed by atoms with Crippen LogP contribution >= 0.6 is 0 Å². The van der Waals surface area contributed by atoms with Gasteiger partial charge >= 0.3 is 0 Å². The van der Waals surface area contributed by atoms with Crippen LogP contribution in [0.3, 0.4) is 0 Å². The lowest BCUT2D eigenvalue weighted by Gasteiger charge is -2.07. The molecule has 0 saturated carbocycles. The molecule has 3 rings (SSSR count). The van der Waals surface area contributed by atoms with E-state index in [2.05, 4.69) is 10.0 Å². The molecule has 1 amide bonds. The number of carbonyl (C=O) groups excluding carboxylic acids is 1. The van der Waals surface area contributed by atoms with Crippen LogP contribution in [0.15, 0.2) is 70.4 Å². The standard InChI is InChI=1S/C22H24N4O4S/c1-4-23-31(29,30)19-13-10-17(11-14-19)12-15-20(27)24-21-16(2)25(3)26(22(21)28)18-8-6-5-7-9-18/h5-15,23H,4H2,1-3H3,(H,24,27)/b15-12+. The quantitative estimate of drug-likeness (QED) is 0.551. The Labute approximate surface area is 180 Å². The number of aromatic nitrogens is 2. The van der Waals surface area contributed by atoms with E-state index in [4.69, 9.17) is 0 Å². The van der Waals surface area contributed by atoms with Crippen LogP contribution in [-0.2, 0) is 21.9 Å². The molecular weight excluding hydrogens is 416 g/mol. The average molecular weight is 441 g/mol. The smallest absolute Gasteiger partial charge is 0.295 e. The minimum Gasteiger partial charge on any atom is -0.316 e. The summed E-state index contributed by atoms with van der Waals surface area (Å²) in [5.41, 5.74) is 1.84. The lowest BCUT2D eigenvalue weighted by atomic mass is 10.2. The first-order valence-corrected chi connectivity index (χ1v) is 11.2. The van der Waals surface area contributed by atoms with E-state index >= 15 is 0 Å². The maximum absolute atomic E-state index is 12.8. The number of anilines is 1. The molecule has 0 bridgehead atoms. The van der Waals surface area contributed by atoms with Crippen molar-refractivity contribution in [1.29, 1.82) is 0 Å². The highest BCUT2D eigenvalue weighted by Gasteiger charge is 2.17. The predicted octanol–water partition coefficient (Wildman–Crippen LogP) is 2.43. The van der Waals surface area contributed by atoms with Gasteiger partial charge in [-0.15, -0.1) is 0 Å². The first-order chi connectivity index (χ1) is 14.7. The molecule has 0 unspecified atom stereocenters. The minimum atomic E-state index is -3.53. The molecular formula is C22H24N4O4S. The summed E-state index contributed by atoms with van der Waals surface area (Å²) in [5.74, 6) is -0.463. The molecule has 31 heavy (non-hydrogen) atoms. The number of nitrogens with one attached hydrogen (secondary N) is 2. The molecule has 0 fully saturated rings. The van der Waals surface area contributed by atoms with E-state index in [0.29, 0.717) is 23.5 Å². The van der Waals surface area contributed by atoms with Gasteiger partial charge in [0.05, 0.1) is 16.3 Å². The van der Waals surface area contributed by atoms with Gasteiger partial charge in [0.1, 0.15) is 5.69 Å². The molecule has 0 aliphatic carbocycles. The van der Waals surface area contributed by atoms with Gasteiger partial charge < -0.3 is 5.32 Å². The summed E-state index contributed by atoms with van der Waals surface area (Å²) in [4.78, 5) is 25.4. The third-order valence-corrected chi connectivity index (χ3v) is 6.32. The summed E-state index contributed by atoms with van der Waals surface area (Å²) in [6.45, 7) is 3.76. The summed E-state index contributed by atoms with van der Waals surface area (Å²) < 4.78 is 29.5. The summed E-state index contributed by atoms with van der Waals surface area (Å²) >= 11 is 0. The molecule has 2 aromatic carbocycles. The molecule has 0 aliphatic rings. The van der Waals surface area contributed by atoms with E-state index in [-0.39, 0.29) is 16.1 Å². The predicted molar refractivity (Wildman–Crippen MR) is 121 cm³/mol. The molecule has 0 saturated heterocycles. The van der Waals surface area contributed by atoms with Crippen LogP contribution < -0.4 is 15.6 Å². The molecule has 3 aromatic rings. The highest BCUT2D eigenvalue weighted by Crippen LogP contribution is 2.15. The Morgan fingerprint density at radius 2 is 1.71 bits per heavy atom. The Morgan fingerprint density at radius 1 is 1.06 bits per heavy atom. The summed E-state index contributed by atoms with van der Waals surface area (Å²) in [5, 5.41) is 2.65. The van der Waals surface area contributed by atoms with E-state index in [1.807, 2.05) is 30.3 Å². The molecule has 8 nitrogen and oxygen atoms in total. The molecule has 9 heteroatoms. The third-order valence-electron chi connectivity index (χ3n) is 4.75. The van der Waals surface area contributed by atoms with Crippen molar-refractivity contribution in [3.63, 3.8) is 0 Å². The number of benzene rings is 2. The molecule has 162 valence electrons. The highest BCUT2D eigenvalue weighted by molar-refractivity contribution is 7.89. The van der Waals surface area contributed by atoms with Crippen LogP contribution in [0, 0.1) is 6.92 Å².